The predicted octanol–water partition coefficient (Wildman–Crippen LogP) is 2.26. The Hall–Kier alpha value is -1.47. The smallest absolute Gasteiger partial charge is 0.211 e. The van der Waals surface area contributed by atoms with Crippen LogP contribution in [0.5, 0.6) is 0 Å². The van der Waals surface area contributed by atoms with Crippen LogP contribution in [-0.4, -0.2) is 12.6 Å². The lowest BCUT2D eigenvalue weighted by Gasteiger charge is -1.98. The van der Waals surface area contributed by atoms with Crippen molar-refractivity contribution in [3.8, 4) is 0 Å². The van der Waals surface area contributed by atoms with Crippen molar-refractivity contribution < 1.29 is 9.36 Å². The number of carbonyl (C=O) groups excluding carboxylic acids is 1. The molecular weight excluding hydrogens is 200 g/mol. The first-order valence-electron chi connectivity index (χ1n) is 5.91. The van der Waals surface area contributed by atoms with Crippen LogP contribution in [0.15, 0.2) is 35.6 Å². The molecule has 16 heavy (non-hydrogen) atoms. The summed E-state index contributed by atoms with van der Waals surface area (Å²) in [6.45, 7) is 1.73. The van der Waals surface area contributed by atoms with E-state index >= 15 is 0 Å². The molecule has 0 aliphatic rings. The van der Waals surface area contributed by atoms with Gasteiger partial charge in [0.1, 0.15) is 6.54 Å². The molecule has 1 rings (SSSR count). The lowest BCUT2D eigenvalue weighted by molar-refractivity contribution is -0.697. The van der Waals surface area contributed by atoms with Gasteiger partial charge in [-0.05, 0) is 12.8 Å². The standard InChI is InChI=1S/C13H19N2O/c16-13-14-9-5-2-1-3-6-10-15-11-7-4-8-12-15/h4,7-8,11-12H,1-3,5-6,9-10H2/q+1. The van der Waals surface area contributed by atoms with Crippen molar-refractivity contribution in [1.29, 1.82) is 0 Å². The predicted molar refractivity (Wildman–Crippen MR) is 62.7 cm³/mol. The lowest BCUT2D eigenvalue weighted by Crippen LogP contribution is -2.32. The van der Waals surface area contributed by atoms with Crippen molar-refractivity contribution >= 4 is 6.08 Å². The highest BCUT2D eigenvalue weighted by atomic mass is 16.1. The Balaban J connectivity index is 1.94. The molecule has 0 aliphatic heterocycles. The number of hydrogen-bond donors (Lipinski definition) is 0. The SMILES string of the molecule is O=C=NCCCCCCC[n+]1ccccc1. The maximum absolute atomic E-state index is 9.80. The van der Waals surface area contributed by atoms with Gasteiger partial charge in [0.25, 0.3) is 0 Å². The molecule has 0 aliphatic carbocycles. The molecule has 1 aromatic heterocycles. The van der Waals surface area contributed by atoms with Crippen LogP contribution in [-0.2, 0) is 11.3 Å². The molecule has 0 unspecified atom stereocenters. The number of aliphatic imine (C=N–C) groups is 1. The average molecular weight is 219 g/mol. The summed E-state index contributed by atoms with van der Waals surface area (Å²) in [7, 11) is 0. The molecule has 0 radical (unpaired) electrons. The van der Waals surface area contributed by atoms with Crippen LogP contribution < -0.4 is 4.57 Å². The first-order valence-corrected chi connectivity index (χ1v) is 5.91. The summed E-state index contributed by atoms with van der Waals surface area (Å²) in [6.07, 6.45) is 11.6. The van der Waals surface area contributed by atoms with Gasteiger partial charge >= 0.3 is 0 Å². The van der Waals surface area contributed by atoms with Gasteiger partial charge in [0.05, 0.1) is 6.54 Å². The summed E-state index contributed by atoms with van der Waals surface area (Å²) < 4.78 is 2.21. The van der Waals surface area contributed by atoms with Crippen molar-refractivity contribution in [1.82, 2.24) is 0 Å². The third kappa shape index (κ3) is 6.10. The van der Waals surface area contributed by atoms with Gasteiger partial charge in [0.2, 0.25) is 6.08 Å². The van der Waals surface area contributed by atoms with Crippen molar-refractivity contribution in [3.63, 3.8) is 0 Å². The van der Waals surface area contributed by atoms with E-state index < -0.39 is 0 Å². The maximum atomic E-state index is 9.80. The topological polar surface area (TPSA) is 33.3 Å². The monoisotopic (exact) mass is 219 g/mol. The van der Waals surface area contributed by atoms with E-state index in [1.165, 1.54) is 19.3 Å². The minimum atomic E-state index is 0.636. The molecule has 3 heteroatoms. The molecule has 0 saturated heterocycles. The highest BCUT2D eigenvalue weighted by Gasteiger charge is 1.97. The summed E-state index contributed by atoms with van der Waals surface area (Å²) >= 11 is 0. The number of unbranched alkanes of at least 4 members (excludes halogenated alkanes) is 4. The zero-order valence-corrected chi connectivity index (χ0v) is 9.64. The molecule has 0 amide bonds. The van der Waals surface area contributed by atoms with Crippen molar-refractivity contribution in [3.05, 3.63) is 30.6 Å². The number of isocyanates is 1. The fraction of sp³-hybridized carbons (Fsp3) is 0.538. The summed E-state index contributed by atoms with van der Waals surface area (Å²) in [5, 5.41) is 0. The molecule has 3 nitrogen and oxygen atoms in total. The van der Waals surface area contributed by atoms with E-state index in [0.29, 0.717) is 6.54 Å². The van der Waals surface area contributed by atoms with E-state index in [9.17, 15) is 4.79 Å². The second kappa shape index (κ2) is 8.81. The van der Waals surface area contributed by atoms with E-state index in [0.717, 1.165) is 19.4 Å². The number of nitrogens with zero attached hydrogens (tertiary/aromatic N) is 2. The molecule has 0 spiro atoms. The number of hydrogen-bond acceptors (Lipinski definition) is 2. The molecule has 0 fully saturated rings. The van der Waals surface area contributed by atoms with Crippen LogP contribution in [0, 0.1) is 0 Å². The molecule has 0 bridgehead atoms. The summed E-state index contributed by atoms with van der Waals surface area (Å²) in [5.74, 6) is 0. The average Bonchev–Trinajstić information content (AvgIpc) is 2.34. The molecule has 0 atom stereocenters. The third-order valence-corrected chi connectivity index (χ3v) is 2.53. The Morgan fingerprint density at radius 3 is 2.38 bits per heavy atom. The normalized spacial score (nSPS) is 9.75. The summed E-state index contributed by atoms with van der Waals surface area (Å²) in [5.41, 5.74) is 0. The zero-order chi connectivity index (χ0) is 11.5. The van der Waals surface area contributed by atoms with Gasteiger partial charge in [-0.3, -0.25) is 0 Å². The number of rotatable bonds is 8. The molecule has 1 heterocycles. The Morgan fingerprint density at radius 2 is 1.62 bits per heavy atom. The van der Waals surface area contributed by atoms with Gasteiger partial charge in [0.15, 0.2) is 12.4 Å². The second-order valence-corrected chi connectivity index (χ2v) is 3.85. The van der Waals surface area contributed by atoms with Crippen LogP contribution in [0.4, 0.5) is 0 Å². The number of aryl methyl sites for hydroxylation is 1. The largest absolute Gasteiger partial charge is 0.234 e. The van der Waals surface area contributed by atoms with Crippen molar-refractivity contribution in [2.24, 2.45) is 4.99 Å². The second-order valence-electron chi connectivity index (χ2n) is 3.85. The van der Waals surface area contributed by atoms with E-state index in [-0.39, 0.29) is 0 Å². The summed E-state index contributed by atoms with van der Waals surface area (Å²) in [6, 6.07) is 6.14. The van der Waals surface area contributed by atoms with Gasteiger partial charge in [-0.2, -0.15) is 0 Å². The first-order chi connectivity index (χ1) is 7.93. The Bertz CT molecular complexity index is 318. The van der Waals surface area contributed by atoms with Crippen LogP contribution in [0.25, 0.3) is 0 Å². The molecule has 86 valence electrons. The minimum absolute atomic E-state index is 0.636. The summed E-state index contributed by atoms with van der Waals surface area (Å²) in [4.78, 5) is 13.3. The molecular formula is C13H19N2O+. The number of aromatic nitrogens is 1. The van der Waals surface area contributed by atoms with Gasteiger partial charge < -0.3 is 0 Å². The van der Waals surface area contributed by atoms with E-state index in [1.54, 1.807) is 6.08 Å². The Kier molecular flexibility index (Phi) is 6.94. The Morgan fingerprint density at radius 1 is 0.938 bits per heavy atom. The molecule has 0 saturated carbocycles. The van der Waals surface area contributed by atoms with Gasteiger partial charge in [-0.1, -0.05) is 18.9 Å². The van der Waals surface area contributed by atoms with Gasteiger partial charge in [-0.15, -0.1) is 0 Å². The Labute approximate surface area is 96.8 Å². The van der Waals surface area contributed by atoms with Crippen LogP contribution in [0.1, 0.15) is 32.1 Å². The minimum Gasteiger partial charge on any atom is -0.211 e. The van der Waals surface area contributed by atoms with Gasteiger partial charge in [-0.25, -0.2) is 14.4 Å². The maximum Gasteiger partial charge on any atom is 0.234 e. The van der Waals surface area contributed by atoms with Crippen LogP contribution >= 0.6 is 0 Å². The van der Waals surface area contributed by atoms with E-state index in [2.05, 4.69) is 34.1 Å². The van der Waals surface area contributed by atoms with E-state index in [4.69, 9.17) is 0 Å². The fourth-order valence-corrected chi connectivity index (χ4v) is 1.64. The highest BCUT2D eigenvalue weighted by Crippen LogP contribution is 2.02. The van der Waals surface area contributed by atoms with Crippen LogP contribution in [0.2, 0.25) is 0 Å². The third-order valence-electron chi connectivity index (χ3n) is 2.53. The van der Waals surface area contributed by atoms with E-state index in [1.807, 2.05) is 6.07 Å². The van der Waals surface area contributed by atoms with Crippen LogP contribution in [0.3, 0.4) is 0 Å². The fourth-order valence-electron chi connectivity index (χ4n) is 1.64. The highest BCUT2D eigenvalue weighted by molar-refractivity contribution is 5.32. The lowest BCUT2D eigenvalue weighted by atomic mass is 10.1. The molecule has 0 aromatic carbocycles. The van der Waals surface area contributed by atoms with Crippen molar-refractivity contribution in [2.45, 2.75) is 38.6 Å². The zero-order valence-electron chi connectivity index (χ0n) is 9.64. The van der Waals surface area contributed by atoms with Gasteiger partial charge in [0, 0.05) is 18.6 Å². The molecule has 0 N–H and O–H groups in total. The first kappa shape index (κ1) is 12.6. The van der Waals surface area contributed by atoms with Crippen molar-refractivity contribution in [2.75, 3.05) is 6.54 Å². The number of pyridine rings is 1. The quantitative estimate of drug-likeness (QED) is 0.286. The molecule has 1 aromatic rings.